The Morgan fingerprint density at radius 2 is 1.92 bits per heavy atom. The number of hydrogen-bond acceptors (Lipinski definition) is 5. The monoisotopic (exact) mass is 388 g/mol. The predicted molar refractivity (Wildman–Crippen MR) is 96.7 cm³/mol. The molecule has 0 amide bonds. The number of halogens is 1. The SMILES string of the molecule is NS(=O)(=O)Oc1ccc(C#Cc2cccc(Cn3cncn3)c2)cc1Cl. The zero-order chi connectivity index (χ0) is 18.6. The van der Waals surface area contributed by atoms with Crippen molar-refractivity contribution in [2.45, 2.75) is 6.54 Å². The number of hydrogen-bond donors (Lipinski definition) is 1. The minimum atomic E-state index is -4.13. The highest BCUT2D eigenvalue weighted by atomic mass is 35.5. The van der Waals surface area contributed by atoms with Crippen LogP contribution in [0.3, 0.4) is 0 Å². The van der Waals surface area contributed by atoms with Crippen LogP contribution in [0.25, 0.3) is 0 Å². The van der Waals surface area contributed by atoms with Gasteiger partial charge in [0.2, 0.25) is 0 Å². The van der Waals surface area contributed by atoms with Gasteiger partial charge in [-0.05, 0) is 35.9 Å². The van der Waals surface area contributed by atoms with E-state index < -0.39 is 10.3 Å². The third-order valence-corrected chi connectivity index (χ3v) is 3.93. The fourth-order valence-corrected chi connectivity index (χ4v) is 2.83. The summed E-state index contributed by atoms with van der Waals surface area (Å²) in [5.74, 6) is 5.96. The molecule has 1 aromatic heterocycles. The third-order valence-electron chi connectivity index (χ3n) is 3.23. The van der Waals surface area contributed by atoms with E-state index in [0.29, 0.717) is 12.1 Å². The van der Waals surface area contributed by atoms with Crippen LogP contribution in [-0.4, -0.2) is 23.2 Å². The molecular formula is C17H13ClN4O3S. The van der Waals surface area contributed by atoms with E-state index in [1.54, 1.807) is 17.1 Å². The van der Waals surface area contributed by atoms with E-state index in [9.17, 15) is 8.42 Å². The molecule has 0 unspecified atom stereocenters. The van der Waals surface area contributed by atoms with Gasteiger partial charge in [0.1, 0.15) is 12.7 Å². The molecule has 132 valence electrons. The van der Waals surface area contributed by atoms with Gasteiger partial charge >= 0.3 is 10.3 Å². The standard InChI is InChI=1S/C17H13ClN4O3S/c18-16-9-14(6-7-17(16)25-26(19,23)24)5-4-13-2-1-3-15(8-13)10-22-12-20-11-21-22/h1-3,6-9,11-12H,10H2,(H2,19,23,24). The molecule has 2 aromatic carbocycles. The maximum atomic E-state index is 11.0. The molecule has 0 aliphatic carbocycles. The van der Waals surface area contributed by atoms with Crippen molar-refractivity contribution in [3.63, 3.8) is 0 Å². The average Bonchev–Trinajstić information content (AvgIpc) is 3.07. The highest BCUT2D eigenvalue weighted by Gasteiger charge is 2.09. The first-order chi connectivity index (χ1) is 12.4. The van der Waals surface area contributed by atoms with Gasteiger partial charge < -0.3 is 4.18 Å². The predicted octanol–water partition coefficient (Wildman–Crippen LogP) is 1.96. The summed E-state index contributed by atoms with van der Waals surface area (Å²) in [6.45, 7) is 0.598. The Morgan fingerprint density at radius 1 is 1.15 bits per heavy atom. The molecule has 9 heteroatoms. The second kappa shape index (κ2) is 7.58. The van der Waals surface area contributed by atoms with E-state index in [1.165, 1.54) is 18.5 Å². The van der Waals surface area contributed by atoms with Gasteiger partial charge in [-0.15, -0.1) is 0 Å². The molecule has 26 heavy (non-hydrogen) atoms. The molecule has 0 atom stereocenters. The number of benzene rings is 2. The lowest BCUT2D eigenvalue weighted by Gasteiger charge is -2.04. The van der Waals surface area contributed by atoms with E-state index in [-0.39, 0.29) is 10.8 Å². The van der Waals surface area contributed by atoms with Crippen LogP contribution in [0.5, 0.6) is 5.75 Å². The minimum absolute atomic E-state index is 0.0467. The molecule has 3 aromatic rings. The maximum Gasteiger partial charge on any atom is 0.380 e. The Morgan fingerprint density at radius 3 is 2.58 bits per heavy atom. The molecule has 0 radical (unpaired) electrons. The summed E-state index contributed by atoms with van der Waals surface area (Å²) in [5.41, 5.74) is 2.47. The molecule has 0 saturated carbocycles. The summed E-state index contributed by atoms with van der Waals surface area (Å²) in [4.78, 5) is 3.91. The van der Waals surface area contributed by atoms with Crippen LogP contribution >= 0.6 is 11.6 Å². The highest BCUT2D eigenvalue weighted by Crippen LogP contribution is 2.26. The summed E-state index contributed by atoms with van der Waals surface area (Å²) in [7, 11) is -4.13. The third kappa shape index (κ3) is 5.07. The molecule has 0 spiro atoms. The van der Waals surface area contributed by atoms with Gasteiger partial charge in [0.25, 0.3) is 0 Å². The molecule has 0 fully saturated rings. The number of rotatable bonds is 4. The van der Waals surface area contributed by atoms with Crippen molar-refractivity contribution >= 4 is 21.9 Å². The number of nitrogens with two attached hydrogens (primary N) is 1. The Labute approximate surface area is 155 Å². The molecule has 3 rings (SSSR count). The van der Waals surface area contributed by atoms with Gasteiger partial charge in [-0.2, -0.15) is 18.7 Å². The van der Waals surface area contributed by atoms with Crippen molar-refractivity contribution in [2.75, 3.05) is 0 Å². The molecule has 7 nitrogen and oxygen atoms in total. The topological polar surface area (TPSA) is 100 Å². The van der Waals surface area contributed by atoms with Crippen molar-refractivity contribution in [1.29, 1.82) is 0 Å². The van der Waals surface area contributed by atoms with Gasteiger partial charge in [-0.25, -0.2) is 9.67 Å². The van der Waals surface area contributed by atoms with Crippen molar-refractivity contribution < 1.29 is 12.6 Å². The van der Waals surface area contributed by atoms with Crippen molar-refractivity contribution in [2.24, 2.45) is 5.14 Å². The van der Waals surface area contributed by atoms with Crippen molar-refractivity contribution in [3.05, 3.63) is 76.8 Å². The van der Waals surface area contributed by atoms with Crippen LogP contribution in [0.1, 0.15) is 16.7 Å². The van der Waals surface area contributed by atoms with Crippen LogP contribution in [0, 0.1) is 11.8 Å². The van der Waals surface area contributed by atoms with E-state index in [4.69, 9.17) is 16.7 Å². The van der Waals surface area contributed by atoms with Gasteiger partial charge in [-0.3, -0.25) is 0 Å². The van der Waals surface area contributed by atoms with Crippen molar-refractivity contribution in [3.8, 4) is 17.6 Å². The van der Waals surface area contributed by atoms with E-state index in [1.807, 2.05) is 24.3 Å². The maximum absolute atomic E-state index is 11.0. The number of aromatic nitrogens is 3. The highest BCUT2D eigenvalue weighted by molar-refractivity contribution is 7.84. The van der Waals surface area contributed by atoms with Gasteiger partial charge in [0, 0.05) is 11.1 Å². The first-order valence-corrected chi connectivity index (χ1v) is 9.19. The summed E-state index contributed by atoms with van der Waals surface area (Å²) >= 11 is 5.99. The minimum Gasteiger partial charge on any atom is -0.369 e. The summed E-state index contributed by atoms with van der Waals surface area (Å²) in [6, 6.07) is 12.2. The summed E-state index contributed by atoms with van der Waals surface area (Å²) in [6.07, 6.45) is 3.13. The van der Waals surface area contributed by atoms with Crippen LogP contribution < -0.4 is 9.32 Å². The quantitative estimate of drug-likeness (QED) is 0.688. The number of nitrogens with zero attached hydrogens (tertiary/aromatic N) is 3. The first-order valence-electron chi connectivity index (χ1n) is 7.34. The zero-order valence-corrected chi connectivity index (χ0v) is 14.9. The zero-order valence-electron chi connectivity index (χ0n) is 13.3. The van der Waals surface area contributed by atoms with E-state index >= 15 is 0 Å². The summed E-state index contributed by atoms with van der Waals surface area (Å²) in [5, 5.41) is 9.00. The Bertz CT molecular complexity index is 1090. The lowest BCUT2D eigenvalue weighted by Crippen LogP contribution is -2.19. The normalized spacial score (nSPS) is 10.8. The fraction of sp³-hybridized carbons (Fsp3) is 0.0588. The molecule has 2 N–H and O–H groups in total. The van der Waals surface area contributed by atoms with Gasteiger partial charge in [0.15, 0.2) is 5.75 Å². The van der Waals surface area contributed by atoms with E-state index in [2.05, 4.69) is 26.1 Å². The molecule has 1 heterocycles. The second-order valence-corrected chi connectivity index (χ2v) is 6.82. The largest absolute Gasteiger partial charge is 0.380 e. The molecule has 0 aliphatic heterocycles. The fourth-order valence-electron chi connectivity index (χ4n) is 2.16. The molecular weight excluding hydrogens is 376 g/mol. The molecule has 0 aliphatic rings. The van der Waals surface area contributed by atoms with Gasteiger partial charge in [0.05, 0.1) is 11.6 Å². The lowest BCUT2D eigenvalue weighted by atomic mass is 10.1. The van der Waals surface area contributed by atoms with Crippen molar-refractivity contribution in [1.82, 2.24) is 14.8 Å². The Kier molecular flexibility index (Phi) is 5.23. The van der Waals surface area contributed by atoms with Gasteiger partial charge in [-0.1, -0.05) is 35.6 Å². The first kappa shape index (κ1) is 17.9. The van der Waals surface area contributed by atoms with E-state index in [0.717, 1.165) is 11.1 Å². The Balaban J connectivity index is 1.78. The Hall–Kier alpha value is -2.86. The molecule has 0 saturated heterocycles. The molecule has 0 bridgehead atoms. The average molecular weight is 389 g/mol. The smallest absolute Gasteiger partial charge is 0.369 e. The second-order valence-electron chi connectivity index (χ2n) is 5.26. The lowest BCUT2D eigenvalue weighted by molar-refractivity contribution is 0.488. The van der Waals surface area contributed by atoms with Crippen LogP contribution in [-0.2, 0) is 16.8 Å². The van der Waals surface area contributed by atoms with Crippen LogP contribution in [0.2, 0.25) is 5.02 Å². The van der Waals surface area contributed by atoms with Crippen LogP contribution in [0.15, 0.2) is 55.1 Å². The van der Waals surface area contributed by atoms with Crippen LogP contribution in [0.4, 0.5) is 0 Å². The summed E-state index contributed by atoms with van der Waals surface area (Å²) < 4.78 is 28.2.